The number of amidine groups is 1. The topological polar surface area (TPSA) is 105 Å². The number of hydrogen-bond acceptors (Lipinski definition) is 5. The number of hydrogen-bond donors (Lipinski definition) is 3. The maximum atomic E-state index is 11.5. The molecule has 7 heteroatoms. The number of oxime groups is 1. The summed E-state index contributed by atoms with van der Waals surface area (Å²) in [5.74, 6) is 0.352. The van der Waals surface area contributed by atoms with Crippen molar-refractivity contribution in [2.45, 2.75) is 25.0 Å². The molecule has 2 atom stereocenters. The van der Waals surface area contributed by atoms with E-state index in [4.69, 9.17) is 10.9 Å². The number of nitrogens with two attached hydrogens (primary N) is 1. The molecule has 0 radical (unpaired) electrons. The van der Waals surface area contributed by atoms with E-state index >= 15 is 0 Å². The van der Waals surface area contributed by atoms with Crippen molar-refractivity contribution in [2.75, 3.05) is 18.8 Å². The highest BCUT2D eigenvalue weighted by molar-refractivity contribution is 7.92. The fourth-order valence-corrected chi connectivity index (χ4v) is 3.55. The van der Waals surface area contributed by atoms with E-state index in [0.29, 0.717) is 18.8 Å². The third kappa shape index (κ3) is 3.34. The minimum atomic E-state index is -2.88. The molecule has 0 spiro atoms. The zero-order chi connectivity index (χ0) is 12.2. The summed E-state index contributed by atoms with van der Waals surface area (Å²) in [5, 5.41) is 14.1. The van der Waals surface area contributed by atoms with Gasteiger partial charge in [-0.25, -0.2) is 8.42 Å². The van der Waals surface area contributed by atoms with Crippen molar-refractivity contribution in [3.8, 4) is 0 Å². The van der Waals surface area contributed by atoms with Crippen molar-refractivity contribution >= 4 is 15.7 Å². The standard InChI is InChI=1S/C9H19N3O3S/c1-7(9(10)12-13)5-11-6-8-3-2-4-16(8,14)15/h7-8,11,13H,2-6H2,1H3,(H2,10,12). The molecule has 0 aliphatic carbocycles. The molecule has 6 nitrogen and oxygen atoms in total. The summed E-state index contributed by atoms with van der Waals surface area (Å²) in [5.41, 5.74) is 5.41. The highest BCUT2D eigenvalue weighted by Gasteiger charge is 2.30. The molecule has 2 unspecified atom stereocenters. The summed E-state index contributed by atoms with van der Waals surface area (Å²) in [6.45, 7) is 2.78. The molecule has 0 bridgehead atoms. The molecule has 4 N–H and O–H groups in total. The van der Waals surface area contributed by atoms with Gasteiger partial charge in [0, 0.05) is 19.0 Å². The van der Waals surface area contributed by atoms with E-state index in [-0.39, 0.29) is 17.0 Å². The first-order valence-electron chi connectivity index (χ1n) is 5.37. The van der Waals surface area contributed by atoms with Crippen LogP contribution >= 0.6 is 0 Å². The summed E-state index contributed by atoms with van der Waals surface area (Å²) in [6.07, 6.45) is 1.48. The predicted molar refractivity (Wildman–Crippen MR) is 62.3 cm³/mol. The normalized spacial score (nSPS) is 26.8. The highest BCUT2D eigenvalue weighted by atomic mass is 32.2. The van der Waals surface area contributed by atoms with E-state index in [9.17, 15) is 8.42 Å². The number of nitrogens with one attached hydrogen (secondary N) is 1. The van der Waals surface area contributed by atoms with Crippen LogP contribution in [0.5, 0.6) is 0 Å². The molecule has 1 rings (SSSR count). The summed E-state index contributed by atoms with van der Waals surface area (Å²) >= 11 is 0. The first kappa shape index (κ1) is 13.2. The van der Waals surface area contributed by atoms with Crippen LogP contribution in [0.2, 0.25) is 0 Å². The Morgan fingerprint density at radius 3 is 2.88 bits per heavy atom. The zero-order valence-corrected chi connectivity index (χ0v) is 10.2. The average Bonchev–Trinajstić information content (AvgIpc) is 2.57. The molecule has 1 fully saturated rings. The molecular weight excluding hydrogens is 230 g/mol. The first-order valence-corrected chi connectivity index (χ1v) is 7.08. The largest absolute Gasteiger partial charge is 0.409 e. The second-order valence-electron chi connectivity index (χ2n) is 4.22. The van der Waals surface area contributed by atoms with Gasteiger partial charge in [-0.2, -0.15) is 0 Å². The second kappa shape index (κ2) is 5.49. The van der Waals surface area contributed by atoms with Gasteiger partial charge in [-0.3, -0.25) is 0 Å². The summed E-state index contributed by atoms with van der Waals surface area (Å²) in [6, 6.07) is 0. The summed E-state index contributed by atoms with van der Waals surface area (Å²) in [4.78, 5) is 0. The Morgan fingerprint density at radius 2 is 2.38 bits per heavy atom. The van der Waals surface area contributed by atoms with Gasteiger partial charge in [-0.05, 0) is 12.8 Å². The molecule has 0 aromatic rings. The van der Waals surface area contributed by atoms with Crippen LogP contribution in [0.4, 0.5) is 0 Å². The summed E-state index contributed by atoms with van der Waals surface area (Å²) in [7, 11) is -2.88. The van der Waals surface area contributed by atoms with E-state index in [1.165, 1.54) is 0 Å². The Hall–Kier alpha value is -0.820. The lowest BCUT2D eigenvalue weighted by Crippen LogP contribution is -2.36. The van der Waals surface area contributed by atoms with Crippen LogP contribution in [0.25, 0.3) is 0 Å². The maximum Gasteiger partial charge on any atom is 0.154 e. The van der Waals surface area contributed by atoms with E-state index in [1.54, 1.807) is 0 Å². The Labute approximate surface area is 95.8 Å². The van der Waals surface area contributed by atoms with Crippen molar-refractivity contribution in [1.82, 2.24) is 5.32 Å². The molecule has 1 aliphatic rings. The Kier molecular flexibility index (Phi) is 4.55. The summed E-state index contributed by atoms with van der Waals surface area (Å²) < 4.78 is 23.0. The minimum absolute atomic E-state index is 0.103. The van der Waals surface area contributed by atoms with E-state index in [1.807, 2.05) is 6.92 Å². The van der Waals surface area contributed by atoms with Crippen LogP contribution in [0.3, 0.4) is 0 Å². The van der Waals surface area contributed by atoms with Crippen LogP contribution in [0.15, 0.2) is 5.16 Å². The van der Waals surface area contributed by atoms with Crippen LogP contribution in [0.1, 0.15) is 19.8 Å². The van der Waals surface area contributed by atoms with Gasteiger partial charge < -0.3 is 16.3 Å². The van der Waals surface area contributed by atoms with Gasteiger partial charge in [-0.15, -0.1) is 0 Å². The molecule has 0 aromatic carbocycles. The fourth-order valence-electron chi connectivity index (χ4n) is 1.75. The Bertz CT molecular complexity index is 353. The fraction of sp³-hybridized carbons (Fsp3) is 0.889. The van der Waals surface area contributed by atoms with Crippen molar-refractivity contribution < 1.29 is 13.6 Å². The second-order valence-corrected chi connectivity index (χ2v) is 6.62. The van der Waals surface area contributed by atoms with E-state index in [2.05, 4.69) is 10.5 Å². The number of nitrogens with zero attached hydrogens (tertiary/aromatic N) is 1. The average molecular weight is 249 g/mol. The molecule has 0 amide bonds. The van der Waals surface area contributed by atoms with Gasteiger partial charge in [0.05, 0.1) is 11.0 Å². The van der Waals surface area contributed by atoms with Gasteiger partial charge in [0.15, 0.2) is 9.84 Å². The smallest absolute Gasteiger partial charge is 0.154 e. The van der Waals surface area contributed by atoms with Gasteiger partial charge in [0.2, 0.25) is 0 Å². The lowest BCUT2D eigenvalue weighted by molar-refractivity contribution is 0.314. The van der Waals surface area contributed by atoms with Crippen molar-refractivity contribution in [2.24, 2.45) is 16.8 Å². The van der Waals surface area contributed by atoms with Crippen LogP contribution < -0.4 is 11.1 Å². The molecule has 0 saturated carbocycles. The van der Waals surface area contributed by atoms with Gasteiger partial charge in [0.25, 0.3) is 0 Å². The lowest BCUT2D eigenvalue weighted by atomic mass is 10.1. The molecular formula is C9H19N3O3S. The van der Waals surface area contributed by atoms with Crippen LogP contribution in [0, 0.1) is 5.92 Å². The van der Waals surface area contributed by atoms with Crippen molar-refractivity contribution in [3.63, 3.8) is 0 Å². The van der Waals surface area contributed by atoms with Gasteiger partial charge in [0.1, 0.15) is 5.84 Å². The number of sulfone groups is 1. The third-order valence-electron chi connectivity index (χ3n) is 2.91. The quantitative estimate of drug-likeness (QED) is 0.264. The third-order valence-corrected chi connectivity index (χ3v) is 5.18. The molecule has 1 heterocycles. The van der Waals surface area contributed by atoms with E-state index < -0.39 is 9.84 Å². The highest BCUT2D eigenvalue weighted by Crippen LogP contribution is 2.18. The predicted octanol–water partition coefficient (Wildman–Crippen LogP) is -0.464. The van der Waals surface area contributed by atoms with Crippen molar-refractivity contribution in [1.29, 1.82) is 0 Å². The van der Waals surface area contributed by atoms with Gasteiger partial charge >= 0.3 is 0 Å². The molecule has 16 heavy (non-hydrogen) atoms. The molecule has 1 saturated heterocycles. The lowest BCUT2D eigenvalue weighted by Gasteiger charge is -2.14. The number of rotatable bonds is 5. The first-order chi connectivity index (χ1) is 7.47. The Balaban J connectivity index is 2.31. The molecule has 1 aliphatic heterocycles. The molecule has 94 valence electrons. The van der Waals surface area contributed by atoms with Crippen LogP contribution in [-0.2, 0) is 9.84 Å². The maximum absolute atomic E-state index is 11.5. The van der Waals surface area contributed by atoms with Crippen molar-refractivity contribution in [3.05, 3.63) is 0 Å². The van der Waals surface area contributed by atoms with Crippen LogP contribution in [-0.4, -0.2) is 43.6 Å². The molecule has 0 aromatic heterocycles. The van der Waals surface area contributed by atoms with E-state index in [0.717, 1.165) is 12.8 Å². The minimum Gasteiger partial charge on any atom is -0.409 e. The SMILES string of the molecule is CC(CNCC1CCCS1(=O)=O)C(N)=NO. The zero-order valence-electron chi connectivity index (χ0n) is 9.39. The Morgan fingerprint density at radius 1 is 1.69 bits per heavy atom. The monoisotopic (exact) mass is 249 g/mol. The van der Waals surface area contributed by atoms with Gasteiger partial charge in [-0.1, -0.05) is 12.1 Å².